The van der Waals surface area contributed by atoms with Crippen LogP contribution in [0.25, 0.3) is 0 Å². The van der Waals surface area contributed by atoms with Crippen LogP contribution < -0.4 is 10.2 Å². The topological polar surface area (TPSA) is 116 Å². The maximum absolute atomic E-state index is 12.6. The summed E-state index contributed by atoms with van der Waals surface area (Å²) in [7, 11) is 0. The molecule has 2 aliphatic rings. The quantitative estimate of drug-likeness (QED) is 0.281. The first kappa shape index (κ1) is 26.0. The molecule has 10 nitrogen and oxygen atoms in total. The van der Waals surface area contributed by atoms with Gasteiger partial charge in [0.25, 0.3) is 17.5 Å². The van der Waals surface area contributed by atoms with Crippen molar-refractivity contribution in [1.29, 1.82) is 0 Å². The van der Waals surface area contributed by atoms with E-state index in [1.54, 1.807) is 4.90 Å². The minimum absolute atomic E-state index is 0. The largest absolute Gasteiger partial charge is 0.368 e. The molecule has 1 fully saturated rings. The SMILES string of the molecule is Cc1cccc(N2CCN(C(=O)NCCCN3C(=O)c4ccc([N+](=O)[O-])cc4C3=O)CC2)c1C.Cl. The van der Waals surface area contributed by atoms with E-state index in [0.717, 1.165) is 24.1 Å². The number of urea groups is 1. The molecule has 0 saturated carbocycles. The number of fused-ring (bicyclic) bond motifs is 1. The Hall–Kier alpha value is -3.66. The Kier molecular flexibility index (Phi) is 7.96. The Balaban J connectivity index is 0.00000342. The van der Waals surface area contributed by atoms with E-state index in [0.29, 0.717) is 26.1 Å². The van der Waals surface area contributed by atoms with Gasteiger partial charge in [0.2, 0.25) is 0 Å². The number of non-ortho nitro benzene ring substituents is 1. The van der Waals surface area contributed by atoms with Gasteiger partial charge in [0.05, 0.1) is 16.1 Å². The summed E-state index contributed by atoms with van der Waals surface area (Å²) < 4.78 is 0. The molecular formula is C24H28ClN5O5. The highest BCUT2D eigenvalue weighted by atomic mass is 35.5. The number of amides is 4. The molecule has 0 radical (unpaired) electrons. The number of benzene rings is 2. The Labute approximate surface area is 209 Å². The van der Waals surface area contributed by atoms with E-state index >= 15 is 0 Å². The smallest absolute Gasteiger partial charge is 0.317 e. The van der Waals surface area contributed by atoms with Crippen molar-refractivity contribution < 1.29 is 19.3 Å². The summed E-state index contributed by atoms with van der Waals surface area (Å²) >= 11 is 0. The molecule has 0 spiro atoms. The average Bonchev–Trinajstić information content (AvgIpc) is 3.07. The molecule has 1 saturated heterocycles. The van der Waals surface area contributed by atoms with Gasteiger partial charge in [-0.15, -0.1) is 12.4 Å². The van der Waals surface area contributed by atoms with Gasteiger partial charge >= 0.3 is 6.03 Å². The number of piperazine rings is 1. The van der Waals surface area contributed by atoms with Crippen LogP contribution in [0.2, 0.25) is 0 Å². The van der Waals surface area contributed by atoms with Gasteiger partial charge in [-0.2, -0.15) is 0 Å². The molecule has 2 heterocycles. The van der Waals surface area contributed by atoms with E-state index in [1.807, 2.05) is 6.07 Å². The van der Waals surface area contributed by atoms with Gasteiger partial charge in [0, 0.05) is 57.1 Å². The molecule has 4 amide bonds. The Morgan fingerprint density at radius 2 is 1.71 bits per heavy atom. The van der Waals surface area contributed by atoms with Crippen LogP contribution in [-0.2, 0) is 0 Å². The number of rotatable bonds is 6. The van der Waals surface area contributed by atoms with Crippen LogP contribution in [0.1, 0.15) is 38.3 Å². The highest BCUT2D eigenvalue weighted by Crippen LogP contribution is 2.27. The van der Waals surface area contributed by atoms with Crippen molar-refractivity contribution in [2.24, 2.45) is 0 Å². The number of nitrogens with zero attached hydrogens (tertiary/aromatic N) is 4. The Bertz CT molecular complexity index is 1160. The molecule has 1 N–H and O–H groups in total. The minimum atomic E-state index is -0.599. The van der Waals surface area contributed by atoms with Gasteiger partial charge in [-0.1, -0.05) is 12.1 Å². The summed E-state index contributed by atoms with van der Waals surface area (Å²) in [4.78, 5) is 53.0. The lowest BCUT2D eigenvalue weighted by atomic mass is 10.1. The first-order chi connectivity index (χ1) is 16.3. The summed E-state index contributed by atoms with van der Waals surface area (Å²) in [6.07, 6.45) is 0.391. The molecule has 0 bridgehead atoms. The van der Waals surface area contributed by atoms with Crippen molar-refractivity contribution in [2.75, 3.05) is 44.2 Å². The number of carbonyl (C=O) groups excluding carboxylic acids is 3. The zero-order chi connectivity index (χ0) is 24.4. The van der Waals surface area contributed by atoms with E-state index in [1.165, 1.54) is 28.9 Å². The normalized spacial score (nSPS) is 15.1. The van der Waals surface area contributed by atoms with Crippen molar-refractivity contribution in [3.63, 3.8) is 0 Å². The zero-order valence-corrected chi connectivity index (χ0v) is 20.5. The number of anilines is 1. The highest BCUT2D eigenvalue weighted by molar-refractivity contribution is 6.21. The second-order valence-corrected chi connectivity index (χ2v) is 8.53. The van der Waals surface area contributed by atoms with Gasteiger partial charge < -0.3 is 15.1 Å². The van der Waals surface area contributed by atoms with Crippen molar-refractivity contribution in [2.45, 2.75) is 20.3 Å². The minimum Gasteiger partial charge on any atom is -0.368 e. The van der Waals surface area contributed by atoms with E-state index in [9.17, 15) is 24.5 Å². The first-order valence-electron chi connectivity index (χ1n) is 11.3. The molecule has 0 unspecified atom stereocenters. The average molecular weight is 502 g/mol. The van der Waals surface area contributed by atoms with Crippen LogP contribution in [-0.4, -0.2) is 71.8 Å². The number of carbonyl (C=O) groups is 3. The van der Waals surface area contributed by atoms with E-state index < -0.39 is 16.7 Å². The fraction of sp³-hybridized carbons (Fsp3) is 0.375. The van der Waals surface area contributed by atoms with Gasteiger partial charge in [-0.05, 0) is 43.5 Å². The highest BCUT2D eigenvalue weighted by Gasteiger charge is 2.36. The molecule has 0 aromatic heterocycles. The second-order valence-electron chi connectivity index (χ2n) is 8.53. The number of nitro groups is 1. The van der Waals surface area contributed by atoms with E-state index in [2.05, 4.69) is 36.2 Å². The lowest BCUT2D eigenvalue weighted by Crippen LogP contribution is -2.52. The standard InChI is InChI=1S/C24H27N5O5.ClH/c1-16-5-3-6-21(17(16)2)26-11-13-27(14-12-26)24(32)25-9-4-10-28-22(30)19-8-7-18(29(33)34)15-20(19)23(28)31;/h3,5-8,15H,4,9-14H2,1-2H3,(H,25,32);1H. The molecule has 2 aliphatic heterocycles. The van der Waals surface area contributed by atoms with Crippen LogP contribution in [0.5, 0.6) is 0 Å². The number of hydrogen-bond acceptors (Lipinski definition) is 6. The third-order valence-corrected chi connectivity index (χ3v) is 6.48. The lowest BCUT2D eigenvalue weighted by molar-refractivity contribution is -0.384. The molecule has 0 aliphatic carbocycles. The number of imide groups is 1. The molecule has 4 rings (SSSR count). The third kappa shape index (κ3) is 5.22. The van der Waals surface area contributed by atoms with Gasteiger partial charge in [0.1, 0.15) is 0 Å². The van der Waals surface area contributed by atoms with E-state index in [4.69, 9.17) is 0 Å². The fourth-order valence-electron chi connectivity index (χ4n) is 4.37. The molecule has 11 heteroatoms. The van der Waals surface area contributed by atoms with Crippen LogP contribution in [0.3, 0.4) is 0 Å². The molecule has 2 aromatic rings. The summed E-state index contributed by atoms with van der Waals surface area (Å²) in [5.74, 6) is -1.01. The molecule has 35 heavy (non-hydrogen) atoms. The van der Waals surface area contributed by atoms with Gasteiger partial charge in [0.15, 0.2) is 0 Å². The van der Waals surface area contributed by atoms with Crippen molar-refractivity contribution in [3.05, 3.63) is 68.8 Å². The lowest BCUT2D eigenvalue weighted by Gasteiger charge is -2.37. The van der Waals surface area contributed by atoms with Crippen molar-refractivity contribution in [3.8, 4) is 0 Å². The van der Waals surface area contributed by atoms with Gasteiger partial charge in [-0.3, -0.25) is 24.6 Å². The van der Waals surface area contributed by atoms with E-state index in [-0.39, 0.29) is 41.8 Å². The molecular weight excluding hydrogens is 474 g/mol. The van der Waals surface area contributed by atoms with Gasteiger partial charge in [-0.25, -0.2) is 4.79 Å². The number of aryl methyl sites for hydroxylation is 1. The molecule has 2 aromatic carbocycles. The number of nitrogens with one attached hydrogen (secondary N) is 1. The Morgan fingerprint density at radius 1 is 1.03 bits per heavy atom. The Morgan fingerprint density at radius 3 is 2.40 bits per heavy atom. The van der Waals surface area contributed by atoms with Crippen LogP contribution in [0.4, 0.5) is 16.2 Å². The fourth-order valence-corrected chi connectivity index (χ4v) is 4.37. The maximum atomic E-state index is 12.6. The van der Waals surface area contributed by atoms with Crippen molar-refractivity contribution >= 4 is 41.6 Å². The number of nitro benzene ring substituents is 1. The van der Waals surface area contributed by atoms with Crippen LogP contribution in [0.15, 0.2) is 36.4 Å². The predicted molar refractivity (Wildman–Crippen MR) is 133 cm³/mol. The monoisotopic (exact) mass is 501 g/mol. The third-order valence-electron chi connectivity index (χ3n) is 6.48. The molecule has 0 atom stereocenters. The molecule has 186 valence electrons. The summed E-state index contributed by atoms with van der Waals surface area (Å²) in [6, 6.07) is 9.74. The number of hydrogen-bond donors (Lipinski definition) is 1. The summed E-state index contributed by atoms with van der Waals surface area (Å²) in [5.41, 5.74) is 3.68. The predicted octanol–water partition coefficient (Wildman–Crippen LogP) is 3.15. The number of halogens is 1. The summed E-state index contributed by atoms with van der Waals surface area (Å²) in [5, 5.41) is 13.8. The van der Waals surface area contributed by atoms with Crippen molar-refractivity contribution in [1.82, 2.24) is 15.1 Å². The maximum Gasteiger partial charge on any atom is 0.317 e. The second kappa shape index (κ2) is 10.7. The van der Waals surface area contributed by atoms with Crippen LogP contribution >= 0.6 is 12.4 Å². The first-order valence-corrected chi connectivity index (χ1v) is 11.3. The zero-order valence-electron chi connectivity index (χ0n) is 19.7. The van der Waals surface area contributed by atoms with Crippen LogP contribution in [0, 0.1) is 24.0 Å². The summed E-state index contributed by atoms with van der Waals surface area (Å²) in [6.45, 7) is 7.35.